The maximum atomic E-state index is 4.86. The zero-order valence-electron chi connectivity index (χ0n) is 11.7. The van der Waals surface area contributed by atoms with Gasteiger partial charge in [0.15, 0.2) is 0 Å². The van der Waals surface area contributed by atoms with Crippen molar-refractivity contribution in [3.05, 3.63) is 36.0 Å². The Hall–Kier alpha value is -1.61. The monoisotopic (exact) mass is 255 g/mol. The molecule has 1 N–H and O–H groups in total. The maximum absolute atomic E-state index is 4.86. The van der Waals surface area contributed by atoms with Crippen molar-refractivity contribution in [2.24, 2.45) is 0 Å². The molecule has 0 radical (unpaired) electrons. The molecule has 0 aliphatic heterocycles. The lowest BCUT2D eigenvalue weighted by Gasteiger charge is -2.36. The Kier molecular flexibility index (Phi) is 3.38. The van der Waals surface area contributed by atoms with Crippen molar-refractivity contribution in [3.8, 4) is 0 Å². The van der Waals surface area contributed by atoms with E-state index in [2.05, 4.69) is 47.6 Å². The average Bonchev–Trinajstić information content (AvgIpc) is 2.36. The van der Waals surface area contributed by atoms with Crippen molar-refractivity contribution in [1.29, 1.82) is 0 Å². The zero-order chi connectivity index (χ0) is 13.2. The Bertz CT molecular complexity index is 575. The minimum atomic E-state index is 0.667. The van der Waals surface area contributed by atoms with Crippen LogP contribution in [-0.2, 0) is 6.54 Å². The Labute approximate surface area is 114 Å². The molecule has 3 nitrogen and oxygen atoms in total. The van der Waals surface area contributed by atoms with Gasteiger partial charge in [-0.3, -0.25) is 0 Å². The normalized spacial score (nSPS) is 15.5. The van der Waals surface area contributed by atoms with Gasteiger partial charge in [-0.15, -0.1) is 0 Å². The molecule has 1 aromatic heterocycles. The van der Waals surface area contributed by atoms with E-state index in [-0.39, 0.29) is 0 Å². The van der Waals surface area contributed by atoms with Crippen LogP contribution in [0.1, 0.15) is 25.0 Å². The fourth-order valence-corrected chi connectivity index (χ4v) is 2.72. The van der Waals surface area contributed by atoms with E-state index in [1.807, 2.05) is 7.05 Å². The smallest absolute Gasteiger partial charge is 0.136 e. The molecular weight excluding hydrogens is 234 g/mol. The zero-order valence-corrected chi connectivity index (χ0v) is 11.7. The molecule has 1 heterocycles. The average molecular weight is 255 g/mol. The first kappa shape index (κ1) is 12.4. The van der Waals surface area contributed by atoms with E-state index in [1.54, 1.807) is 0 Å². The molecule has 100 valence electrons. The topological polar surface area (TPSA) is 28.2 Å². The van der Waals surface area contributed by atoms with Crippen LogP contribution in [0.5, 0.6) is 0 Å². The van der Waals surface area contributed by atoms with Crippen molar-refractivity contribution in [2.75, 3.05) is 19.0 Å². The van der Waals surface area contributed by atoms with E-state index in [4.69, 9.17) is 4.98 Å². The number of hydrogen-bond donors (Lipinski definition) is 1. The molecule has 0 saturated heterocycles. The van der Waals surface area contributed by atoms with Crippen LogP contribution >= 0.6 is 0 Å². The maximum Gasteiger partial charge on any atom is 0.136 e. The van der Waals surface area contributed by atoms with Crippen molar-refractivity contribution < 1.29 is 0 Å². The third kappa shape index (κ3) is 2.30. The first-order chi connectivity index (χ1) is 9.29. The van der Waals surface area contributed by atoms with Crippen molar-refractivity contribution in [1.82, 2.24) is 10.3 Å². The summed E-state index contributed by atoms with van der Waals surface area (Å²) in [5.74, 6) is 1.13. The van der Waals surface area contributed by atoms with Gasteiger partial charge < -0.3 is 10.2 Å². The lowest BCUT2D eigenvalue weighted by atomic mass is 9.91. The molecule has 1 aromatic carbocycles. The van der Waals surface area contributed by atoms with Gasteiger partial charge >= 0.3 is 0 Å². The summed E-state index contributed by atoms with van der Waals surface area (Å²) in [5.41, 5.74) is 1.11. The van der Waals surface area contributed by atoms with Gasteiger partial charge in [-0.05, 0) is 37.8 Å². The second kappa shape index (κ2) is 5.17. The molecule has 1 aliphatic rings. The second-order valence-electron chi connectivity index (χ2n) is 5.38. The molecule has 3 heteroatoms. The Morgan fingerprint density at radius 2 is 2.11 bits per heavy atom. The van der Waals surface area contributed by atoms with Gasteiger partial charge in [-0.1, -0.05) is 24.3 Å². The molecule has 1 saturated carbocycles. The molecule has 2 aromatic rings. The summed E-state index contributed by atoms with van der Waals surface area (Å²) in [5, 5.41) is 5.73. The lowest BCUT2D eigenvalue weighted by Crippen LogP contribution is -2.37. The summed E-state index contributed by atoms with van der Waals surface area (Å²) in [6.45, 7) is 0.816. The third-order valence-corrected chi connectivity index (χ3v) is 4.09. The molecule has 19 heavy (non-hydrogen) atoms. The highest BCUT2D eigenvalue weighted by atomic mass is 15.2. The van der Waals surface area contributed by atoms with Gasteiger partial charge in [0, 0.05) is 25.0 Å². The second-order valence-corrected chi connectivity index (χ2v) is 5.38. The van der Waals surface area contributed by atoms with Crippen LogP contribution in [0, 0.1) is 0 Å². The molecule has 0 spiro atoms. The number of rotatable bonds is 4. The summed E-state index contributed by atoms with van der Waals surface area (Å²) in [4.78, 5) is 7.22. The number of nitrogens with zero attached hydrogens (tertiary/aromatic N) is 2. The molecule has 0 unspecified atom stereocenters. The van der Waals surface area contributed by atoms with E-state index >= 15 is 0 Å². The van der Waals surface area contributed by atoms with Crippen molar-refractivity contribution >= 4 is 16.6 Å². The number of hydrogen-bond acceptors (Lipinski definition) is 3. The van der Waals surface area contributed by atoms with Gasteiger partial charge in [0.2, 0.25) is 0 Å². The fourth-order valence-electron chi connectivity index (χ4n) is 2.72. The van der Waals surface area contributed by atoms with E-state index in [9.17, 15) is 0 Å². The highest BCUT2D eigenvalue weighted by Crippen LogP contribution is 2.32. The molecule has 3 rings (SSSR count). The number of pyridine rings is 1. The Morgan fingerprint density at radius 3 is 2.79 bits per heavy atom. The highest BCUT2D eigenvalue weighted by molar-refractivity contribution is 5.92. The van der Waals surface area contributed by atoms with Crippen LogP contribution < -0.4 is 10.2 Å². The van der Waals surface area contributed by atoms with Gasteiger partial charge in [-0.25, -0.2) is 4.98 Å². The van der Waals surface area contributed by atoms with Gasteiger partial charge in [0.05, 0.1) is 5.69 Å². The van der Waals surface area contributed by atoms with Crippen LogP contribution in [0.15, 0.2) is 30.3 Å². The number of aromatic nitrogens is 1. The van der Waals surface area contributed by atoms with Gasteiger partial charge in [0.25, 0.3) is 0 Å². The summed E-state index contributed by atoms with van der Waals surface area (Å²) >= 11 is 0. The molecule has 1 fully saturated rings. The lowest BCUT2D eigenvalue weighted by molar-refractivity contribution is 0.399. The number of fused-ring (bicyclic) bond motifs is 1. The third-order valence-electron chi connectivity index (χ3n) is 4.09. The van der Waals surface area contributed by atoms with Crippen LogP contribution in [0.2, 0.25) is 0 Å². The molecule has 0 atom stereocenters. The van der Waals surface area contributed by atoms with Crippen molar-refractivity contribution in [2.45, 2.75) is 31.8 Å². The van der Waals surface area contributed by atoms with E-state index in [0.29, 0.717) is 6.04 Å². The quantitative estimate of drug-likeness (QED) is 0.910. The van der Waals surface area contributed by atoms with E-state index in [0.717, 1.165) is 18.1 Å². The van der Waals surface area contributed by atoms with Gasteiger partial charge in [-0.2, -0.15) is 0 Å². The number of benzene rings is 1. The predicted molar refractivity (Wildman–Crippen MR) is 80.5 cm³/mol. The van der Waals surface area contributed by atoms with Crippen molar-refractivity contribution in [3.63, 3.8) is 0 Å². The van der Waals surface area contributed by atoms with Gasteiger partial charge in [0.1, 0.15) is 5.82 Å². The van der Waals surface area contributed by atoms with Crippen LogP contribution in [-0.4, -0.2) is 25.1 Å². The fraction of sp³-hybridized carbons (Fsp3) is 0.438. The number of anilines is 1. The SMILES string of the molecule is CNCc1cc2ccccc2c(N(C)C2CCC2)n1. The summed E-state index contributed by atoms with van der Waals surface area (Å²) in [7, 11) is 4.15. The standard InChI is InChI=1S/C16H21N3/c1-17-11-13-10-12-6-3-4-9-15(12)16(18-13)19(2)14-7-5-8-14/h3-4,6,9-10,14,17H,5,7-8,11H2,1-2H3. The highest BCUT2D eigenvalue weighted by Gasteiger charge is 2.24. The minimum Gasteiger partial charge on any atom is -0.356 e. The first-order valence-electron chi connectivity index (χ1n) is 7.05. The summed E-state index contributed by atoms with van der Waals surface area (Å²) < 4.78 is 0. The minimum absolute atomic E-state index is 0.667. The first-order valence-corrected chi connectivity index (χ1v) is 7.05. The molecular formula is C16H21N3. The Balaban J connectivity index is 2.08. The summed E-state index contributed by atoms with van der Waals surface area (Å²) in [6, 6.07) is 11.4. The summed E-state index contributed by atoms with van der Waals surface area (Å²) in [6.07, 6.45) is 3.94. The predicted octanol–water partition coefficient (Wildman–Crippen LogP) is 2.94. The Morgan fingerprint density at radius 1 is 1.32 bits per heavy atom. The molecule has 1 aliphatic carbocycles. The van der Waals surface area contributed by atoms with E-state index < -0.39 is 0 Å². The van der Waals surface area contributed by atoms with Crippen LogP contribution in [0.4, 0.5) is 5.82 Å². The molecule has 0 amide bonds. The number of nitrogens with one attached hydrogen (secondary N) is 1. The van der Waals surface area contributed by atoms with E-state index in [1.165, 1.54) is 30.0 Å². The van der Waals surface area contributed by atoms with Crippen LogP contribution in [0.25, 0.3) is 10.8 Å². The molecule has 0 bridgehead atoms. The van der Waals surface area contributed by atoms with Crippen LogP contribution in [0.3, 0.4) is 0 Å². The largest absolute Gasteiger partial charge is 0.356 e.